The Morgan fingerprint density at radius 1 is 1.37 bits per heavy atom. The molecule has 4 nitrogen and oxygen atoms in total. The van der Waals surface area contributed by atoms with E-state index in [-0.39, 0.29) is 6.04 Å². The molecular formula is C14H16N4S. The van der Waals surface area contributed by atoms with E-state index >= 15 is 0 Å². The second-order valence-electron chi connectivity index (χ2n) is 4.79. The predicted molar refractivity (Wildman–Crippen MR) is 78.3 cm³/mol. The molecule has 0 radical (unpaired) electrons. The molecule has 0 aliphatic heterocycles. The van der Waals surface area contributed by atoms with Gasteiger partial charge in [0, 0.05) is 18.7 Å². The van der Waals surface area contributed by atoms with Crippen molar-refractivity contribution in [1.29, 1.82) is 0 Å². The van der Waals surface area contributed by atoms with Gasteiger partial charge in [-0.05, 0) is 19.1 Å². The van der Waals surface area contributed by atoms with Gasteiger partial charge in [0.25, 0.3) is 0 Å². The van der Waals surface area contributed by atoms with Crippen LogP contribution >= 0.6 is 11.3 Å². The van der Waals surface area contributed by atoms with Crippen molar-refractivity contribution in [3.63, 3.8) is 0 Å². The maximum atomic E-state index is 5.78. The van der Waals surface area contributed by atoms with Gasteiger partial charge in [-0.1, -0.05) is 12.1 Å². The average molecular weight is 272 g/mol. The molecule has 0 saturated heterocycles. The van der Waals surface area contributed by atoms with Gasteiger partial charge in [0.05, 0.1) is 28.8 Å². The molecule has 1 atom stereocenters. The molecule has 1 unspecified atom stereocenters. The molecule has 2 heterocycles. The van der Waals surface area contributed by atoms with Crippen molar-refractivity contribution in [3.8, 4) is 0 Å². The van der Waals surface area contributed by atoms with E-state index < -0.39 is 0 Å². The molecule has 1 aromatic carbocycles. The smallest absolute Gasteiger partial charge is 0.114 e. The first kappa shape index (κ1) is 12.3. The van der Waals surface area contributed by atoms with Crippen molar-refractivity contribution in [2.24, 2.45) is 5.73 Å². The number of thiazole rings is 1. The fourth-order valence-electron chi connectivity index (χ4n) is 2.07. The highest BCUT2D eigenvalue weighted by molar-refractivity contribution is 7.18. The summed E-state index contributed by atoms with van der Waals surface area (Å²) in [5.41, 5.74) is 7.88. The van der Waals surface area contributed by atoms with Gasteiger partial charge in [-0.3, -0.25) is 0 Å². The van der Waals surface area contributed by atoms with Gasteiger partial charge in [-0.25, -0.2) is 9.97 Å². The van der Waals surface area contributed by atoms with E-state index in [1.54, 1.807) is 11.3 Å². The lowest BCUT2D eigenvalue weighted by Gasteiger charge is -2.00. The number of rotatable bonds is 4. The number of hydrogen-bond donors (Lipinski definition) is 1. The predicted octanol–water partition coefficient (Wildman–Crippen LogP) is 2.43. The molecule has 0 aliphatic carbocycles. The molecular weight excluding hydrogens is 256 g/mol. The minimum Gasteiger partial charge on any atom is -0.330 e. The minimum absolute atomic E-state index is 0.144. The number of imidazole rings is 1. The summed E-state index contributed by atoms with van der Waals surface area (Å²) in [5, 5.41) is 1.10. The molecule has 0 aliphatic rings. The number of hydrogen-bond acceptors (Lipinski definition) is 4. The molecule has 3 rings (SSSR count). The fraction of sp³-hybridized carbons (Fsp3) is 0.286. The third kappa shape index (κ3) is 2.83. The lowest BCUT2D eigenvalue weighted by molar-refractivity contribution is 0.723. The molecule has 2 aromatic heterocycles. The third-order valence-electron chi connectivity index (χ3n) is 2.87. The van der Waals surface area contributed by atoms with E-state index in [0.717, 1.165) is 29.2 Å². The van der Waals surface area contributed by atoms with Crippen molar-refractivity contribution in [3.05, 3.63) is 47.5 Å². The molecule has 0 bridgehead atoms. The monoisotopic (exact) mass is 272 g/mol. The van der Waals surface area contributed by atoms with Crippen molar-refractivity contribution in [2.75, 3.05) is 0 Å². The number of nitrogens with two attached hydrogens (primary N) is 1. The highest BCUT2D eigenvalue weighted by Crippen LogP contribution is 2.22. The number of fused-ring (bicyclic) bond motifs is 1. The molecule has 0 fully saturated rings. The van der Waals surface area contributed by atoms with Crippen LogP contribution in [0.1, 0.15) is 17.6 Å². The molecule has 3 aromatic rings. The molecule has 5 heteroatoms. The Morgan fingerprint density at radius 3 is 3.00 bits per heavy atom. The Hall–Kier alpha value is -1.72. The summed E-state index contributed by atoms with van der Waals surface area (Å²) < 4.78 is 3.29. The van der Waals surface area contributed by atoms with Crippen LogP contribution in [0.4, 0.5) is 0 Å². The average Bonchev–Trinajstić information content (AvgIpc) is 2.94. The summed E-state index contributed by atoms with van der Waals surface area (Å²) in [4.78, 5) is 8.99. The molecule has 0 amide bonds. The summed E-state index contributed by atoms with van der Waals surface area (Å²) in [6.07, 6.45) is 4.71. The zero-order chi connectivity index (χ0) is 13.2. The minimum atomic E-state index is 0.144. The second-order valence-corrected chi connectivity index (χ2v) is 5.91. The molecule has 0 saturated carbocycles. The van der Waals surface area contributed by atoms with E-state index in [1.807, 2.05) is 31.5 Å². The summed E-state index contributed by atoms with van der Waals surface area (Å²) in [7, 11) is 0. The zero-order valence-electron chi connectivity index (χ0n) is 10.8. The molecule has 2 N–H and O–H groups in total. The molecule has 98 valence electrons. The maximum Gasteiger partial charge on any atom is 0.114 e. The van der Waals surface area contributed by atoms with Crippen LogP contribution in [0.3, 0.4) is 0 Å². The quantitative estimate of drug-likeness (QED) is 0.793. The van der Waals surface area contributed by atoms with Gasteiger partial charge in [0.15, 0.2) is 0 Å². The van der Waals surface area contributed by atoms with Crippen LogP contribution in [0.25, 0.3) is 10.2 Å². The van der Waals surface area contributed by atoms with Crippen molar-refractivity contribution >= 4 is 21.6 Å². The van der Waals surface area contributed by atoms with Crippen LogP contribution in [0.15, 0.2) is 36.8 Å². The van der Waals surface area contributed by atoms with Gasteiger partial charge < -0.3 is 10.3 Å². The Balaban J connectivity index is 1.78. The Labute approximate surface area is 115 Å². The SMILES string of the molecule is CC(N)Cc1cn(Cc2nc3ccccc3s2)cn1. The van der Waals surface area contributed by atoms with Crippen LogP contribution in [0, 0.1) is 0 Å². The van der Waals surface area contributed by atoms with E-state index in [2.05, 4.69) is 26.8 Å². The van der Waals surface area contributed by atoms with E-state index in [9.17, 15) is 0 Å². The van der Waals surface area contributed by atoms with Crippen molar-refractivity contribution in [2.45, 2.75) is 25.9 Å². The summed E-state index contributed by atoms with van der Waals surface area (Å²) in [5.74, 6) is 0. The van der Waals surface area contributed by atoms with Crippen molar-refractivity contribution in [1.82, 2.24) is 14.5 Å². The maximum absolute atomic E-state index is 5.78. The topological polar surface area (TPSA) is 56.7 Å². The first-order chi connectivity index (χ1) is 9.20. The van der Waals surface area contributed by atoms with Gasteiger partial charge in [-0.15, -0.1) is 11.3 Å². The van der Waals surface area contributed by atoms with Gasteiger partial charge in [0.1, 0.15) is 5.01 Å². The van der Waals surface area contributed by atoms with Crippen LogP contribution in [0.2, 0.25) is 0 Å². The summed E-state index contributed by atoms with van der Waals surface area (Å²) in [6.45, 7) is 2.76. The summed E-state index contributed by atoms with van der Waals surface area (Å²) >= 11 is 1.73. The van der Waals surface area contributed by atoms with E-state index in [0.29, 0.717) is 0 Å². The highest BCUT2D eigenvalue weighted by atomic mass is 32.1. The van der Waals surface area contributed by atoms with Gasteiger partial charge >= 0.3 is 0 Å². The third-order valence-corrected chi connectivity index (χ3v) is 3.89. The van der Waals surface area contributed by atoms with Crippen LogP contribution in [-0.2, 0) is 13.0 Å². The van der Waals surface area contributed by atoms with Gasteiger partial charge in [-0.2, -0.15) is 0 Å². The normalized spacial score (nSPS) is 12.9. The fourth-order valence-corrected chi connectivity index (χ4v) is 3.05. The standard InChI is InChI=1S/C14H16N4S/c1-10(15)6-11-7-18(9-16-11)8-14-17-12-4-2-3-5-13(12)19-14/h2-5,7,9-10H,6,8,15H2,1H3. The first-order valence-corrected chi connectivity index (χ1v) is 7.13. The molecule has 19 heavy (non-hydrogen) atoms. The van der Waals surface area contributed by atoms with E-state index in [1.165, 1.54) is 4.70 Å². The first-order valence-electron chi connectivity index (χ1n) is 6.31. The number of para-hydroxylation sites is 1. The van der Waals surface area contributed by atoms with Crippen molar-refractivity contribution < 1.29 is 0 Å². The Kier molecular flexibility index (Phi) is 3.31. The largest absolute Gasteiger partial charge is 0.330 e. The number of aromatic nitrogens is 3. The number of nitrogens with zero attached hydrogens (tertiary/aromatic N) is 3. The lowest BCUT2D eigenvalue weighted by Crippen LogP contribution is -2.17. The highest BCUT2D eigenvalue weighted by Gasteiger charge is 2.06. The lowest BCUT2D eigenvalue weighted by atomic mass is 10.2. The summed E-state index contributed by atoms with van der Waals surface area (Å²) in [6, 6.07) is 8.36. The Bertz CT molecular complexity index is 650. The zero-order valence-corrected chi connectivity index (χ0v) is 11.6. The van der Waals surface area contributed by atoms with E-state index in [4.69, 9.17) is 5.73 Å². The Morgan fingerprint density at radius 2 is 2.21 bits per heavy atom. The number of benzene rings is 1. The van der Waals surface area contributed by atoms with Gasteiger partial charge in [0.2, 0.25) is 0 Å². The van der Waals surface area contributed by atoms with Crippen LogP contribution in [0.5, 0.6) is 0 Å². The van der Waals surface area contributed by atoms with Crippen LogP contribution in [-0.4, -0.2) is 20.6 Å². The molecule has 0 spiro atoms. The second kappa shape index (κ2) is 5.11. The van der Waals surface area contributed by atoms with Crippen LogP contribution < -0.4 is 5.73 Å².